The van der Waals surface area contributed by atoms with E-state index in [-0.39, 0.29) is 12.2 Å². The normalized spacial score (nSPS) is 16.6. The van der Waals surface area contributed by atoms with E-state index in [0.29, 0.717) is 17.7 Å². The summed E-state index contributed by atoms with van der Waals surface area (Å²) in [6.45, 7) is 6.86. The number of hydrogen-bond acceptors (Lipinski definition) is 5. The quantitative estimate of drug-likeness (QED) is 0.274. The number of carbonyl (C=O) groups excluding carboxylic acids is 2. The molecule has 1 fully saturated rings. The van der Waals surface area contributed by atoms with Gasteiger partial charge in [-0.2, -0.15) is 0 Å². The van der Waals surface area contributed by atoms with Crippen LogP contribution >= 0.6 is 0 Å². The number of ether oxygens (including phenoxy) is 3. The number of halogens is 1. The molecule has 1 saturated heterocycles. The lowest BCUT2D eigenvalue weighted by molar-refractivity contribution is -0.222. The summed E-state index contributed by atoms with van der Waals surface area (Å²) in [5.74, 6) is -3.31. The molecule has 122 valence electrons. The van der Waals surface area contributed by atoms with Gasteiger partial charge in [0.05, 0.1) is 13.2 Å². The Morgan fingerprint density at radius 1 is 1.26 bits per heavy atom. The van der Waals surface area contributed by atoms with E-state index in [1.165, 1.54) is 38.1 Å². The summed E-state index contributed by atoms with van der Waals surface area (Å²) in [4.78, 5) is 23.9. The molecule has 0 saturated carbocycles. The molecule has 1 heterocycles. The Hall–Kier alpha value is -2.47. The molecule has 0 aliphatic carbocycles. The third kappa shape index (κ3) is 4.26. The monoisotopic (exact) mass is 320 g/mol. The molecule has 1 aromatic rings. The molecule has 0 unspecified atom stereocenters. The highest BCUT2D eigenvalue weighted by Crippen LogP contribution is 2.25. The van der Waals surface area contributed by atoms with Crippen LogP contribution in [0.15, 0.2) is 36.4 Å². The van der Waals surface area contributed by atoms with E-state index in [4.69, 9.17) is 14.2 Å². The minimum absolute atomic E-state index is 0.110. The van der Waals surface area contributed by atoms with Gasteiger partial charge in [0.1, 0.15) is 11.4 Å². The van der Waals surface area contributed by atoms with Crippen LogP contribution in [0.3, 0.4) is 0 Å². The highest BCUT2D eigenvalue weighted by molar-refractivity contribution is 6.18. The van der Waals surface area contributed by atoms with Gasteiger partial charge in [-0.15, -0.1) is 6.58 Å². The lowest BCUT2D eigenvalue weighted by Gasteiger charge is -2.29. The average molecular weight is 320 g/mol. The molecule has 1 aliphatic rings. The van der Waals surface area contributed by atoms with Gasteiger partial charge in [-0.25, -0.2) is 14.0 Å². The Kier molecular flexibility index (Phi) is 4.95. The van der Waals surface area contributed by atoms with Crippen molar-refractivity contribution in [2.45, 2.75) is 26.2 Å². The van der Waals surface area contributed by atoms with E-state index < -0.39 is 23.5 Å². The second-order valence-corrected chi connectivity index (χ2v) is 5.38. The van der Waals surface area contributed by atoms with Crippen LogP contribution in [0.1, 0.15) is 25.0 Å². The predicted molar refractivity (Wildman–Crippen MR) is 80.5 cm³/mol. The van der Waals surface area contributed by atoms with Crippen LogP contribution in [0, 0.1) is 5.82 Å². The van der Waals surface area contributed by atoms with Gasteiger partial charge in [0.15, 0.2) is 0 Å². The van der Waals surface area contributed by atoms with Crippen molar-refractivity contribution in [2.24, 2.45) is 0 Å². The number of rotatable bonds is 5. The Morgan fingerprint density at radius 3 is 2.52 bits per heavy atom. The molecule has 0 atom stereocenters. The molecule has 0 aromatic heterocycles. The Balaban J connectivity index is 2.32. The topological polar surface area (TPSA) is 61.8 Å². The maximum Gasteiger partial charge on any atom is 0.348 e. The number of cyclic esters (lactones) is 2. The lowest BCUT2D eigenvalue weighted by atomic mass is 10.0. The number of esters is 2. The summed E-state index contributed by atoms with van der Waals surface area (Å²) in [6.07, 6.45) is 2.88. The van der Waals surface area contributed by atoms with Crippen molar-refractivity contribution in [3.05, 3.63) is 53.4 Å². The third-order valence-corrected chi connectivity index (χ3v) is 3.01. The smallest absolute Gasteiger partial charge is 0.348 e. The van der Waals surface area contributed by atoms with Crippen molar-refractivity contribution in [2.75, 3.05) is 6.61 Å². The fourth-order valence-corrected chi connectivity index (χ4v) is 2.03. The Bertz CT molecular complexity index is 654. The molecular weight excluding hydrogens is 303 g/mol. The van der Waals surface area contributed by atoms with Gasteiger partial charge in [0.2, 0.25) is 0 Å². The molecule has 0 spiro atoms. The van der Waals surface area contributed by atoms with Gasteiger partial charge in [-0.05, 0) is 29.3 Å². The second-order valence-electron chi connectivity index (χ2n) is 5.38. The van der Waals surface area contributed by atoms with E-state index in [0.717, 1.165) is 0 Å². The first kappa shape index (κ1) is 16.9. The molecule has 2 rings (SSSR count). The fraction of sp³-hybridized carbons (Fsp3) is 0.294. The molecule has 0 N–H and O–H groups in total. The van der Waals surface area contributed by atoms with Crippen LogP contribution in [0.2, 0.25) is 0 Å². The molecule has 23 heavy (non-hydrogen) atoms. The van der Waals surface area contributed by atoms with Gasteiger partial charge in [0.25, 0.3) is 5.79 Å². The van der Waals surface area contributed by atoms with Crippen molar-refractivity contribution in [1.82, 2.24) is 0 Å². The van der Waals surface area contributed by atoms with Crippen molar-refractivity contribution in [1.29, 1.82) is 0 Å². The van der Waals surface area contributed by atoms with Crippen LogP contribution in [0.5, 0.6) is 0 Å². The molecule has 0 amide bonds. The van der Waals surface area contributed by atoms with Crippen LogP contribution in [0.25, 0.3) is 6.08 Å². The summed E-state index contributed by atoms with van der Waals surface area (Å²) in [5, 5.41) is 0. The van der Waals surface area contributed by atoms with E-state index in [2.05, 4.69) is 6.58 Å². The summed E-state index contributed by atoms with van der Waals surface area (Å²) < 4.78 is 28.7. The zero-order valence-corrected chi connectivity index (χ0v) is 12.9. The molecule has 0 bridgehead atoms. The molecular formula is C17H17FO5. The minimum atomic E-state index is -1.30. The van der Waals surface area contributed by atoms with Crippen molar-refractivity contribution >= 4 is 18.0 Å². The molecule has 6 heteroatoms. The first-order valence-corrected chi connectivity index (χ1v) is 6.98. The summed E-state index contributed by atoms with van der Waals surface area (Å²) in [6, 6.07) is 3.96. The van der Waals surface area contributed by atoms with Gasteiger partial charge < -0.3 is 14.2 Å². The van der Waals surface area contributed by atoms with Crippen LogP contribution in [0.4, 0.5) is 4.39 Å². The second kappa shape index (κ2) is 6.75. The fourth-order valence-electron chi connectivity index (χ4n) is 2.03. The zero-order chi connectivity index (χ0) is 17.0. The minimum Gasteiger partial charge on any atom is -0.419 e. The highest BCUT2D eigenvalue weighted by Gasteiger charge is 2.38. The van der Waals surface area contributed by atoms with E-state index in [9.17, 15) is 14.0 Å². The summed E-state index contributed by atoms with van der Waals surface area (Å²) >= 11 is 0. The predicted octanol–water partition coefficient (Wildman–Crippen LogP) is 2.75. The molecule has 0 radical (unpaired) electrons. The van der Waals surface area contributed by atoms with Gasteiger partial charge in [0, 0.05) is 13.8 Å². The van der Waals surface area contributed by atoms with Crippen LogP contribution < -0.4 is 0 Å². The van der Waals surface area contributed by atoms with Gasteiger partial charge in [-0.3, -0.25) is 0 Å². The van der Waals surface area contributed by atoms with E-state index in [1.807, 2.05) is 0 Å². The first-order chi connectivity index (χ1) is 10.8. The average Bonchev–Trinajstić information content (AvgIpc) is 2.44. The number of hydrogen-bond donors (Lipinski definition) is 0. The highest BCUT2D eigenvalue weighted by atomic mass is 19.1. The molecule has 1 aromatic carbocycles. The Morgan fingerprint density at radius 2 is 1.91 bits per heavy atom. The largest absolute Gasteiger partial charge is 0.419 e. The standard InChI is InChI=1S/C17H17FO5/c1-4-7-21-10-12-8-13(18)6-5-11(12)9-14-15(19)22-17(2,3)23-16(14)20/h4-6,8-9H,1,7,10H2,2-3H3. The number of carbonyl (C=O) groups is 2. The van der Waals surface area contributed by atoms with Gasteiger partial charge in [-0.1, -0.05) is 12.1 Å². The first-order valence-electron chi connectivity index (χ1n) is 6.98. The lowest BCUT2D eigenvalue weighted by Crippen LogP contribution is -2.41. The van der Waals surface area contributed by atoms with Crippen LogP contribution in [-0.2, 0) is 30.4 Å². The molecule has 5 nitrogen and oxygen atoms in total. The Labute approximate surface area is 133 Å². The number of benzene rings is 1. The maximum atomic E-state index is 13.4. The molecule has 1 aliphatic heterocycles. The summed E-state index contributed by atoms with van der Waals surface area (Å²) in [7, 11) is 0. The van der Waals surface area contributed by atoms with E-state index in [1.54, 1.807) is 6.08 Å². The van der Waals surface area contributed by atoms with Gasteiger partial charge >= 0.3 is 11.9 Å². The summed E-state index contributed by atoms with van der Waals surface area (Å²) in [5.41, 5.74) is 0.713. The van der Waals surface area contributed by atoms with Crippen molar-refractivity contribution in [3.63, 3.8) is 0 Å². The third-order valence-electron chi connectivity index (χ3n) is 3.01. The van der Waals surface area contributed by atoms with Crippen molar-refractivity contribution < 1.29 is 28.2 Å². The SMILES string of the molecule is C=CCOCc1cc(F)ccc1C=C1C(=O)OC(C)(C)OC1=O. The zero-order valence-electron chi connectivity index (χ0n) is 12.9. The van der Waals surface area contributed by atoms with E-state index >= 15 is 0 Å². The maximum absolute atomic E-state index is 13.4. The van der Waals surface area contributed by atoms with Crippen LogP contribution in [-0.4, -0.2) is 24.3 Å². The van der Waals surface area contributed by atoms with Crippen molar-refractivity contribution in [3.8, 4) is 0 Å².